The number of rotatable bonds is 8. The second kappa shape index (κ2) is 10.8. The van der Waals surface area contributed by atoms with Crippen molar-refractivity contribution < 1.29 is 15.0 Å². The second-order valence-electron chi connectivity index (χ2n) is 11.2. The lowest BCUT2D eigenvalue weighted by atomic mass is 9.71. The molecule has 1 aliphatic heterocycles. The summed E-state index contributed by atoms with van der Waals surface area (Å²) in [4.78, 5) is 14.0. The average molecular weight is 420 g/mol. The third-order valence-electron chi connectivity index (χ3n) is 9.43. The van der Waals surface area contributed by atoms with Crippen LogP contribution in [-0.4, -0.2) is 46.3 Å². The Hall–Kier alpha value is -0.610. The van der Waals surface area contributed by atoms with E-state index in [1.807, 2.05) is 0 Å². The quantitative estimate of drug-likeness (QED) is 0.547. The maximum absolute atomic E-state index is 11.1. The summed E-state index contributed by atoms with van der Waals surface area (Å²) in [6.45, 7) is 1.66. The zero-order valence-electron chi connectivity index (χ0n) is 19.0. The van der Waals surface area contributed by atoms with E-state index in [9.17, 15) is 9.90 Å². The van der Waals surface area contributed by atoms with Gasteiger partial charge < -0.3 is 10.2 Å². The predicted octanol–water partition coefficient (Wildman–Crippen LogP) is 5.48. The highest BCUT2D eigenvalue weighted by Gasteiger charge is 2.47. The molecule has 4 rings (SSSR count). The Morgan fingerprint density at radius 1 is 0.800 bits per heavy atom. The number of aliphatic carboxylic acids is 1. The second-order valence-corrected chi connectivity index (χ2v) is 11.2. The lowest BCUT2D eigenvalue weighted by Gasteiger charge is -2.42. The summed E-state index contributed by atoms with van der Waals surface area (Å²) >= 11 is 0. The number of carbonyl (C=O) groups is 1. The van der Waals surface area contributed by atoms with Crippen molar-refractivity contribution in [2.45, 2.75) is 115 Å². The first-order chi connectivity index (χ1) is 14.6. The van der Waals surface area contributed by atoms with Crippen LogP contribution in [0.1, 0.15) is 103 Å². The number of hydrogen-bond acceptors (Lipinski definition) is 3. The molecule has 30 heavy (non-hydrogen) atoms. The van der Waals surface area contributed by atoms with E-state index in [2.05, 4.69) is 4.90 Å². The first-order valence-electron chi connectivity index (χ1n) is 13.2. The molecule has 0 amide bonds. The normalized spacial score (nSPS) is 38.4. The van der Waals surface area contributed by atoms with Crippen molar-refractivity contribution in [1.29, 1.82) is 0 Å². The van der Waals surface area contributed by atoms with Crippen molar-refractivity contribution in [2.75, 3.05) is 13.2 Å². The molecule has 0 radical (unpaired) electrons. The monoisotopic (exact) mass is 419 g/mol. The number of hydrogen-bond donors (Lipinski definition) is 2. The Morgan fingerprint density at radius 3 is 2.23 bits per heavy atom. The van der Waals surface area contributed by atoms with Gasteiger partial charge in [0.25, 0.3) is 0 Å². The molecule has 4 heteroatoms. The summed E-state index contributed by atoms with van der Waals surface area (Å²) in [7, 11) is 0. The van der Waals surface area contributed by atoms with Crippen LogP contribution in [0.2, 0.25) is 0 Å². The molecule has 1 saturated heterocycles. The van der Waals surface area contributed by atoms with Gasteiger partial charge in [0.15, 0.2) is 0 Å². The smallest absolute Gasteiger partial charge is 0.303 e. The Morgan fingerprint density at radius 2 is 1.53 bits per heavy atom. The van der Waals surface area contributed by atoms with Crippen molar-refractivity contribution in [3.63, 3.8) is 0 Å². The highest BCUT2D eigenvalue weighted by molar-refractivity contribution is 5.66. The summed E-state index contributed by atoms with van der Waals surface area (Å²) < 4.78 is 0. The third kappa shape index (κ3) is 5.59. The maximum Gasteiger partial charge on any atom is 0.303 e. The topological polar surface area (TPSA) is 60.8 Å². The number of carboxylic acid groups (broad SMARTS) is 1. The molecule has 1 heterocycles. The van der Waals surface area contributed by atoms with Crippen LogP contribution in [-0.2, 0) is 4.79 Å². The van der Waals surface area contributed by atoms with Crippen LogP contribution in [0.3, 0.4) is 0 Å². The molecule has 4 aliphatic rings. The van der Waals surface area contributed by atoms with E-state index >= 15 is 0 Å². The van der Waals surface area contributed by atoms with Crippen molar-refractivity contribution in [2.24, 2.45) is 29.6 Å². The zero-order chi connectivity index (χ0) is 20.9. The molecule has 3 saturated carbocycles. The number of aliphatic hydroxyl groups excluding tert-OH is 1. The van der Waals surface area contributed by atoms with Crippen LogP contribution in [0.15, 0.2) is 0 Å². The third-order valence-corrected chi connectivity index (χ3v) is 9.43. The summed E-state index contributed by atoms with van der Waals surface area (Å²) in [5, 5.41) is 18.7. The standard InChI is InChI=1S/C26H45NO3/c28-18-21-7-12-23(13-8-21)27-17-22(11-6-19-4-2-1-3-5-19)24-16-20(9-14-25(24)27)10-15-26(29)30/h19-25,28H,1-18H2,(H,29,30). The molecule has 4 unspecified atom stereocenters. The highest BCUT2D eigenvalue weighted by atomic mass is 16.4. The van der Waals surface area contributed by atoms with Gasteiger partial charge in [-0.1, -0.05) is 38.5 Å². The molecule has 2 N–H and O–H groups in total. The molecule has 0 aromatic carbocycles. The van der Waals surface area contributed by atoms with Crippen molar-refractivity contribution >= 4 is 5.97 Å². The van der Waals surface area contributed by atoms with Gasteiger partial charge in [0.1, 0.15) is 0 Å². The van der Waals surface area contributed by atoms with Gasteiger partial charge in [-0.25, -0.2) is 0 Å². The van der Waals surface area contributed by atoms with Crippen molar-refractivity contribution in [1.82, 2.24) is 4.90 Å². The number of aliphatic hydroxyl groups is 1. The van der Waals surface area contributed by atoms with Gasteiger partial charge in [-0.15, -0.1) is 0 Å². The molecule has 4 nitrogen and oxygen atoms in total. The molecule has 172 valence electrons. The molecule has 4 atom stereocenters. The van der Waals surface area contributed by atoms with E-state index in [0.29, 0.717) is 24.9 Å². The molecule has 3 aliphatic carbocycles. The molecule has 0 aromatic rings. The van der Waals surface area contributed by atoms with Crippen LogP contribution in [0.4, 0.5) is 0 Å². The van der Waals surface area contributed by atoms with Gasteiger partial charge in [-0.3, -0.25) is 9.69 Å². The Labute approximate surface area is 183 Å². The number of fused-ring (bicyclic) bond motifs is 1. The average Bonchev–Trinajstić information content (AvgIpc) is 3.15. The lowest BCUT2D eigenvalue weighted by Crippen LogP contribution is -2.44. The molecular formula is C26H45NO3. The van der Waals surface area contributed by atoms with Gasteiger partial charge in [0.2, 0.25) is 0 Å². The van der Waals surface area contributed by atoms with Gasteiger partial charge >= 0.3 is 5.97 Å². The van der Waals surface area contributed by atoms with Crippen LogP contribution in [0, 0.1) is 29.6 Å². The first kappa shape index (κ1) is 22.6. The zero-order valence-corrected chi connectivity index (χ0v) is 19.0. The molecule has 4 fully saturated rings. The van der Waals surface area contributed by atoms with Crippen LogP contribution in [0.25, 0.3) is 0 Å². The number of carboxylic acids is 1. The molecule has 0 bridgehead atoms. The van der Waals surface area contributed by atoms with Gasteiger partial charge in [0.05, 0.1) is 0 Å². The predicted molar refractivity (Wildman–Crippen MR) is 120 cm³/mol. The minimum absolute atomic E-state index is 0.351. The van der Waals surface area contributed by atoms with E-state index in [1.165, 1.54) is 96.4 Å². The largest absolute Gasteiger partial charge is 0.481 e. The van der Waals surface area contributed by atoms with Crippen molar-refractivity contribution in [3.05, 3.63) is 0 Å². The number of likely N-dealkylation sites (tertiary alicyclic amines) is 1. The Kier molecular flexibility index (Phi) is 8.14. The SMILES string of the molecule is O=C(O)CCC1CCC2C(C1)C(CCC1CCCCC1)CN2C1CCC(CO)CC1. The Bertz CT molecular complexity index is 538. The van der Waals surface area contributed by atoms with E-state index in [4.69, 9.17) is 5.11 Å². The van der Waals surface area contributed by atoms with E-state index in [0.717, 1.165) is 36.3 Å². The summed E-state index contributed by atoms with van der Waals surface area (Å²) in [6, 6.07) is 1.48. The lowest BCUT2D eigenvalue weighted by molar-refractivity contribution is -0.137. The van der Waals surface area contributed by atoms with Crippen LogP contribution < -0.4 is 0 Å². The maximum atomic E-state index is 11.1. The molecular weight excluding hydrogens is 374 g/mol. The molecule has 0 aromatic heterocycles. The fourth-order valence-electron chi connectivity index (χ4n) is 7.64. The minimum atomic E-state index is -0.625. The Balaban J connectivity index is 1.38. The highest BCUT2D eigenvalue weighted by Crippen LogP contribution is 2.48. The van der Waals surface area contributed by atoms with Gasteiger partial charge in [-0.05, 0) is 87.4 Å². The van der Waals surface area contributed by atoms with E-state index in [1.54, 1.807) is 0 Å². The van der Waals surface area contributed by atoms with Crippen LogP contribution in [0.5, 0.6) is 0 Å². The van der Waals surface area contributed by atoms with Crippen LogP contribution >= 0.6 is 0 Å². The van der Waals surface area contributed by atoms with Gasteiger partial charge in [0, 0.05) is 31.7 Å². The summed E-state index contributed by atoms with van der Waals surface area (Å²) in [5.74, 6) is 3.15. The summed E-state index contributed by atoms with van der Waals surface area (Å²) in [5.41, 5.74) is 0. The van der Waals surface area contributed by atoms with E-state index in [-0.39, 0.29) is 0 Å². The van der Waals surface area contributed by atoms with E-state index < -0.39 is 5.97 Å². The number of nitrogens with zero attached hydrogens (tertiary/aromatic N) is 1. The first-order valence-corrected chi connectivity index (χ1v) is 13.2. The summed E-state index contributed by atoms with van der Waals surface area (Å²) in [6.07, 6.45) is 20.0. The molecule has 0 spiro atoms. The minimum Gasteiger partial charge on any atom is -0.481 e. The fourth-order valence-corrected chi connectivity index (χ4v) is 7.64. The fraction of sp³-hybridized carbons (Fsp3) is 0.962. The van der Waals surface area contributed by atoms with Crippen molar-refractivity contribution in [3.8, 4) is 0 Å². The van der Waals surface area contributed by atoms with Gasteiger partial charge in [-0.2, -0.15) is 0 Å².